The molecule has 0 aliphatic heterocycles. The molecule has 0 unspecified atom stereocenters. The smallest absolute Gasteiger partial charge is 0.247 e. The van der Waals surface area contributed by atoms with Crippen LogP contribution in [0.2, 0.25) is 5.02 Å². The maximum Gasteiger partial charge on any atom is 0.247 e. The van der Waals surface area contributed by atoms with Gasteiger partial charge in [0.15, 0.2) is 0 Å². The average molecular weight is 355 g/mol. The fraction of sp³-hybridized carbons (Fsp3) is 0.0500. The molecule has 5 heteroatoms. The Morgan fingerprint density at radius 1 is 1.24 bits per heavy atom. The third kappa shape index (κ3) is 3.64. The van der Waals surface area contributed by atoms with Gasteiger partial charge in [-0.05, 0) is 35.9 Å². The van der Waals surface area contributed by atoms with Crippen LogP contribution in [0.5, 0.6) is 0 Å². The Kier molecular flexibility index (Phi) is 4.72. The molecule has 126 valence electrons. The van der Waals surface area contributed by atoms with E-state index in [1.165, 1.54) is 6.07 Å². The second-order valence-electron chi connectivity index (χ2n) is 5.63. The van der Waals surface area contributed by atoms with Crippen molar-refractivity contribution in [3.8, 4) is 0 Å². The first kappa shape index (κ1) is 17.0. The van der Waals surface area contributed by atoms with Crippen LogP contribution in [0.15, 0.2) is 55.3 Å². The number of fused-ring (bicyclic) bond motifs is 1. The van der Waals surface area contributed by atoms with Crippen molar-refractivity contribution < 1.29 is 9.18 Å². The number of nitrogens with one attached hydrogen (secondary N) is 1. The Balaban J connectivity index is 2.04. The highest BCUT2D eigenvalue weighted by Crippen LogP contribution is 2.28. The van der Waals surface area contributed by atoms with Crippen molar-refractivity contribution in [1.82, 2.24) is 4.57 Å². The molecule has 2 aromatic carbocycles. The van der Waals surface area contributed by atoms with Gasteiger partial charge in [-0.3, -0.25) is 4.79 Å². The highest BCUT2D eigenvalue weighted by atomic mass is 35.5. The van der Waals surface area contributed by atoms with Crippen molar-refractivity contribution in [3.05, 3.63) is 77.2 Å². The van der Waals surface area contributed by atoms with Gasteiger partial charge in [0.2, 0.25) is 5.91 Å². The molecule has 0 aliphatic carbocycles. The summed E-state index contributed by atoms with van der Waals surface area (Å²) in [5.74, 6) is -0.779. The summed E-state index contributed by atoms with van der Waals surface area (Å²) in [4.78, 5) is 11.5. The number of nitrogens with zero attached hydrogens (tertiary/aromatic N) is 1. The molecule has 0 saturated carbocycles. The van der Waals surface area contributed by atoms with E-state index in [2.05, 4.69) is 11.9 Å². The molecular formula is C20H16ClFN2O. The van der Waals surface area contributed by atoms with E-state index in [-0.39, 0.29) is 5.91 Å². The standard InChI is InChI=1S/C20H16ClFN2O/c1-3-19(25)23-16-10-17-14(12-24(2)20(17)18(22)11-16)7-4-13-5-8-15(21)9-6-13/h3-12H,1H2,2H3,(H,23,25)/b7-4+. The van der Waals surface area contributed by atoms with Crippen LogP contribution in [0.4, 0.5) is 10.1 Å². The van der Waals surface area contributed by atoms with Crippen LogP contribution in [0.25, 0.3) is 23.1 Å². The van der Waals surface area contributed by atoms with E-state index in [1.54, 1.807) is 17.7 Å². The Labute approximate surface area is 150 Å². The summed E-state index contributed by atoms with van der Waals surface area (Å²) in [6.45, 7) is 3.40. The van der Waals surface area contributed by atoms with E-state index in [9.17, 15) is 9.18 Å². The Morgan fingerprint density at radius 2 is 1.96 bits per heavy atom. The monoisotopic (exact) mass is 354 g/mol. The molecule has 1 aromatic heterocycles. The van der Waals surface area contributed by atoms with Crippen LogP contribution in [0, 0.1) is 5.82 Å². The molecule has 3 nitrogen and oxygen atoms in total. The number of carbonyl (C=O) groups excluding carboxylic acids is 1. The highest BCUT2D eigenvalue weighted by Gasteiger charge is 2.12. The molecule has 0 atom stereocenters. The normalized spacial score (nSPS) is 11.2. The minimum Gasteiger partial charge on any atom is -0.348 e. The number of halogens is 2. The van der Waals surface area contributed by atoms with Crippen molar-refractivity contribution in [2.75, 3.05) is 5.32 Å². The van der Waals surface area contributed by atoms with Crippen LogP contribution >= 0.6 is 11.6 Å². The molecule has 0 saturated heterocycles. The topological polar surface area (TPSA) is 34.0 Å². The maximum absolute atomic E-state index is 14.4. The Morgan fingerprint density at radius 3 is 2.64 bits per heavy atom. The molecule has 0 spiro atoms. The Bertz CT molecular complexity index is 987. The van der Waals surface area contributed by atoms with Crippen LogP contribution in [-0.2, 0) is 11.8 Å². The molecule has 1 N–H and O–H groups in total. The zero-order chi connectivity index (χ0) is 18.0. The fourth-order valence-electron chi connectivity index (χ4n) is 2.68. The lowest BCUT2D eigenvalue weighted by Gasteiger charge is -2.05. The van der Waals surface area contributed by atoms with Crippen molar-refractivity contribution in [3.63, 3.8) is 0 Å². The first-order valence-electron chi connectivity index (χ1n) is 7.63. The Hall–Kier alpha value is -2.85. The van der Waals surface area contributed by atoms with Crippen LogP contribution in [0.1, 0.15) is 11.1 Å². The summed E-state index contributed by atoms with van der Waals surface area (Å²) in [6.07, 6.45) is 6.83. The molecule has 25 heavy (non-hydrogen) atoms. The van der Waals surface area contributed by atoms with Crippen molar-refractivity contribution in [2.24, 2.45) is 7.05 Å². The highest BCUT2D eigenvalue weighted by molar-refractivity contribution is 6.30. The van der Waals surface area contributed by atoms with E-state index < -0.39 is 5.82 Å². The fourth-order valence-corrected chi connectivity index (χ4v) is 2.80. The first-order chi connectivity index (χ1) is 12.0. The predicted molar refractivity (Wildman–Crippen MR) is 102 cm³/mol. The van der Waals surface area contributed by atoms with Gasteiger partial charge in [0.25, 0.3) is 0 Å². The van der Waals surface area contributed by atoms with Gasteiger partial charge in [-0.2, -0.15) is 0 Å². The molecule has 3 rings (SSSR count). The first-order valence-corrected chi connectivity index (χ1v) is 8.01. The van der Waals surface area contributed by atoms with Gasteiger partial charge >= 0.3 is 0 Å². The molecule has 0 aliphatic rings. The number of aryl methyl sites for hydroxylation is 1. The second-order valence-corrected chi connectivity index (χ2v) is 6.06. The number of aromatic nitrogens is 1. The van der Waals surface area contributed by atoms with E-state index in [0.29, 0.717) is 21.6 Å². The summed E-state index contributed by atoms with van der Waals surface area (Å²) < 4.78 is 16.2. The predicted octanol–water partition coefficient (Wildman–Crippen LogP) is 5.27. The average Bonchev–Trinajstić information content (AvgIpc) is 2.90. The van der Waals surface area contributed by atoms with Gasteiger partial charge in [0.05, 0.1) is 5.52 Å². The number of amides is 1. The van der Waals surface area contributed by atoms with E-state index >= 15 is 0 Å². The third-order valence-corrected chi connectivity index (χ3v) is 4.09. The van der Waals surface area contributed by atoms with E-state index in [4.69, 9.17) is 11.6 Å². The van der Waals surface area contributed by atoms with Gasteiger partial charge in [0, 0.05) is 34.9 Å². The van der Waals surface area contributed by atoms with Gasteiger partial charge in [-0.1, -0.05) is 42.5 Å². The van der Waals surface area contributed by atoms with Crippen LogP contribution in [-0.4, -0.2) is 10.5 Å². The van der Waals surface area contributed by atoms with Crippen molar-refractivity contribution in [2.45, 2.75) is 0 Å². The lowest BCUT2D eigenvalue weighted by Crippen LogP contribution is -2.07. The van der Waals surface area contributed by atoms with Gasteiger partial charge in [-0.25, -0.2) is 4.39 Å². The quantitative estimate of drug-likeness (QED) is 0.636. The molecule has 1 heterocycles. The summed E-state index contributed by atoms with van der Waals surface area (Å²) >= 11 is 5.89. The second kappa shape index (κ2) is 6.95. The largest absolute Gasteiger partial charge is 0.348 e. The molecule has 3 aromatic rings. The number of carbonyl (C=O) groups is 1. The summed E-state index contributed by atoms with van der Waals surface area (Å²) in [6, 6.07) is 10.5. The van der Waals surface area contributed by atoms with Crippen molar-refractivity contribution in [1.29, 1.82) is 0 Å². The lowest BCUT2D eigenvalue weighted by molar-refractivity contribution is -0.111. The number of anilines is 1. The van der Waals surface area contributed by atoms with Crippen molar-refractivity contribution >= 4 is 46.3 Å². The minimum atomic E-state index is -0.398. The van der Waals surface area contributed by atoms with Gasteiger partial charge < -0.3 is 9.88 Å². The number of benzene rings is 2. The molecule has 1 amide bonds. The van der Waals surface area contributed by atoms with Crippen LogP contribution in [0.3, 0.4) is 0 Å². The number of hydrogen-bond acceptors (Lipinski definition) is 1. The number of hydrogen-bond donors (Lipinski definition) is 1. The molecule has 0 bridgehead atoms. The molecule has 0 fully saturated rings. The third-order valence-electron chi connectivity index (χ3n) is 3.84. The van der Waals surface area contributed by atoms with Gasteiger partial charge in [0.1, 0.15) is 5.82 Å². The zero-order valence-electron chi connectivity index (χ0n) is 13.6. The summed E-state index contributed by atoms with van der Waals surface area (Å²) in [7, 11) is 1.78. The zero-order valence-corrected chi connectivity index (χ0v) is 14.3. The van der Waals surface area contributed by atoms with E-state index in [1.807, 2.05) is 42.6 Å². The van der Waals surface area contributed by atoms with Gasteiger partial charge in [-0.15, -0.1) is 0 Å². The SMILES string of the molecule is C=CC(=O)Nc1cc(F)c2c(c1)c(/C=C/c1ccc(Cl)cc1)cn2C. The maximum atomic E-state index is 14.4. The summed E-state index contributed by atoms with van der Waals surface area (Å²) in [5, 5.41) is 3.98. The molecular weight excluding hydrogens is 339 g/mol. The molecule has 0 radical (unpaired) electrons. The van der Waals surface area contributed by atoms with E-state index in [0.717, 1.165) is 17.2 Å². The lowest BCUT2D eigenvalue weighted by atomic mass is 10.1. The number of rotatable bonds is 4. The van der Waals surface area contributed by atoms with Crippen LogP contribution < -0.4 is 5.32 Å². The summed E-state index contributed by atoms with van der Waals surface area (Å²) in [5.41, 5.74) is 2.70. The minimum absolute atomic E-state index is 0.382.